The van der Waals surface area contributed by atoms with Gasteiger partial charge in [0.05, 0.1) is 6.04 Å². The fourth-order valence-electron chi connectivity index (χ4n) is 3.25. The predicted molar refractivity (Wildman–Crippen MR) is 135 cm³/mol. The number of allylic oxidation sites excluding steroid dienone is 4. The highest BCUT2D eigenvalue weighted by atomic mass is 14.6. The van der Waals surface area contributed by atoms with E-state index >= 15 is 0 Å². The second-order valence-electron chi connectivity index (χ2n) is 8.01. The van der Waals surface area contributed by atoms with Crippen molar-refractivity contribution in [3.05, 3.63) is 71.8 Å². The summed E-state index contributed by atoms with van der Waals surface area (Å²) in [7, 11) is 1.50. The van der Waals surface area contributed by atoms with Crippen molar-refractivity contribution in [3.8, 4) is 11.8 Å². The molecular weight excluding hydrogens is 364 g/mol. The Morgan fingerprint density at radius 2 is 1.97 bits per heavy atom. The Morgan fingerprint density at radius 3 is 2.50 bits per heavy atom. The summed E-state index contributed by atoms with van der Waals surface area (Å²) >= 11 is 0. The number of hydrogen-bond donors (Lipinski definition) is 2. The van der Waals surface area contributed by atoms with E-state index in [0.717, 1.165) is 24.8 Å². The van der Waals surface area contributed by atoms with Crippen LogP contribution in [0.1, 0.15) is 64.0 Å². The van der Waals surface area contributed by atoms with Gasteiger partial charge >= 0.3 is 0 Å². The van der Waals surface area contributed by atoms with E-state index in [1.165, 1.54) is 43.0 Å². The molecule has 166 valence electrons. The summed E-state index contributed by atoms with van der Waals surface area (Å²) in [4.78, 5) is 0. The summed E-state index contributed by atoms with van der Waals surface area (Å²) in [5.74, 6) is 7.58. The first kappa shape index (κ1) is 27.9. The largest absolute Gasteiger partial charge is 0.333 e. The van der Waals surface area contributed by atoms with Crippen LogP contribution in [0.25, 0.3) is 0 Å². The van der Waals surface area contributed by atoms with E-state index in [1.54, 1.807) is 0 Å². The van der Waals surface area contributed by atoms with Crippen LogP contribution in [0.5, 0.6) is 0 Å². The van der Waals surface area contributed by atoms with Crippen molar-refractivity contribution in [1.82, 2.24) is 0 Å². The van der Waals surface area contributed by atoms with Gasteiger partial charge in [-0.1, -0.05) is 99.3 Å². The summed E-state index contributed by atoms with van der Waals surface area (Å²) in [6.45, 7) is 16.4. The summed E-state index contributed by atoms with van der Waals surface area (Å²) in [5.41, 5.74) is 15.7. The highest BCUT2D eigenvalue weighted by Gasteiger charge is 2.24. The zero-order chi connectivity index (χ0) is 22.9. The molecule has 1 saturated carbocycles. The topological polar surface area (TPSA) is 52.0 Å². The standard InChI is InChI=1S/C18H23N.C9H16.CH5N/c1-13-8-9-16(15(13)3)10-11-18(19)12-17-7-5-4-6-14(17)2;1-4-5-6-7-8-9(2)3;1-2/h4-7,15-16,18H,1,8-9,12,19H2,2-3H3;7-8H,2,4-6H2,1,3H3;2H2,1H3/b;8-7+;. The van der Waals surface area contributed by atoms with Gasteiger partial charge in [-0.3, -0.25) is 0 Å². The number of benzene rings is 1. The van der Waals surface area contributed by atoms with E-state index in [4.69, 9.17) is 5.73 Å². The second kappa shape index (κ2) is 16.7. The Labute approximate surface area is 186 Å². The summed E-state index contributed by atoms with van der Waals surface area (Å²) in [5, 5.41) is 0. The molecular formula is C28H44N2. The van der Waals surface area contributed by atoms with Crippen LogP contribution in [0.2, 0.25) is 0 Å². The fourth-order valence-corrected chi connectivity index (χ4v) is 3.25. The van der Waals surface area contributed by atoms with Crippen molar-refractivity contribution in [2.75, 3.05) is 7.05 Å². The molecule has 2 nitrogen and oxygen atoms in total. The number of hydrogen-bond acceptors (Lipinski definition) is 2. The van der Waals surface area contributed by atoms with Gasteiger partial charge in [0.15, 0.2) is 0 Å². The molecule has 3 atom stereocenters. The molecule has 1 aliphatic carbocycles. The Morgan fingerprint density at radius 1 is 1.30 bits per heavy atom. The Kier molecular flexibility index (Phi) is 15.5. The lowest BCUT2D eigenvalue weighted by Crippen LogP contribution is -2.21. The zero-order valence-corrected chi connectivity index (χ0v) is 20.0. The first-order valence-electron chi connectivity index (χ1n) is 11.2. The van der Waals surface area contributed by atoms with Crippen LogP contribution in [0.15, 0.2) is 60.7 Å². The molecule has 3 unspecified atom stereocenters. The minimum absolute atomic E-state index is 0.0674. The molecule has 1 aliphatic rings. The van der Waals surface area contributed by atoms with Crippen molar-refractivity contribution < 1.29 is 0 Å². The third-order valence-electron chi connectivity index (χ3n) is 5.31. The molecule has 0 aliphatic heterocycles. The Hall–Kier alpha value is -2.08. The van der Waals surface area contributed by atoms with Gasteiger partial charge in [-0.15, -0.1) is 0 Å². The van der Waals surface area contributed by atoms with E-state index < -0.39 is 0 Å². The summed E-state index contributed by atoms with van der Waals surface area (Å²) < 4.78 is 0. The van der Waals surface area contributed by atoms with Crippen molar-refractivity contribution >= 4 is 0 Å². The molecule has 1 aromatic carbocycles. The number of nitrogens with two attached hydrogens (primary N) is 2. The highest BCUT2D eigenvalue weighted by molar-refractivity contribution is 5.28. The first-order chi connectivity index (χ1) is 14.3. The van der Waals surface area contributed by atoms with E-state index in [1.807, 2.05) is 6.92 Å². The molecule has 0 heterocycles. The predicted octanol–water partition coefficient (Wildman–Crippen LogP) is 6.35. The lowest BCUT2D eigenvalue weighted by Gasteiger charge is -2.10. The van der Waals surface area contributed by atoms with Gasteiger partial charge in [-0.25, -0.2) is 0 Å². The fraction of sp³-hybridized carbons (Fsp3) is 0.500. The lowest BCUT2D eigenvalue weighted by molar-refractivity contribution is 0.567. The van der Waals surface area contributed by atoms with Gasteiger partial charge in [-0.05, 0) is 63.6 Å². The van der Waals surface area contributed by atoms with Crippen molar-refractivity contribution in [2.45, 2.75) is 72.3 Å². The minimum Gasteiger partial charge on any atom is -0.333 e. The van der Waals surface area contributed by atoms with E-state index in [2.05, 4.69) is 87.9 Å². The van der Waals surface area contributed by atoms with Gasteiger partial charge in [-0.2, -0.15) is 0 Å². The van der Waals surface area contributed by atoms with Crippen LogP contribution in [-0.4, -0.2) is 13.1 Å². The van der Waals surface area contributed by atoms with Crippen LogP contribution < -0.4 is 11.5 Å². The van der Waals surface area contributed by atoms with Gasteiger partial charge in [0, 0.05) is 5.92 Å². The molecule has 2 heteroatoms. The third kappa shape index (κ3) is 11.8. The van der Waals surface area contributed by atoms with E-state index in [9.17, 15) is 0 Å². The molecule has 0 amide bonds. The first-order valence-corrected chi connectivity index (χ1v) is 11.2. The highest BCUT2D eigenvalue weighted by Crippen LogP contribution is 2.34. The van der Waals surface area contributed by atoms with Gasteiger partial charge < -0.3 is 11.5 Å². The maximum atomic E-state index is 6.14. The van der Waals surface area contributed by atoms with Gasteiger partial charge in [0.25, 0.3) is 0 Å². The lowest BCUT2D eigenvalue weighted by atomic mass is 9.95. The van der Waals surface area contributed by atoms with Gasteiger partial charge in [0.1, 0.15) is 0 Å². The van der Waals surface area contributed by atoms with E-state index in [-0.39, 0.29) is 6.04 Å². The minimum atomic E-state index is -0.0674. The SMILES string of the molecule is C=C(C)/C=C/CCCC.C=C1CCC(C#CC(N)Cc2ccccc2C)C1C.CN. The molecule has 30 heavy (non-hydrogen) atoms. The number of rotatable bonds is 6. The van der Waals surface area contributed by atoms with Crippen molar-refractivity contribution in [2.24, 2.45) is 23.3 Å². The molecule has 0 radical (unpaired) electrons. The second-order valence-corrected chi connectivity index (χ2v) is 8.01. The molecule has 0 bridgehead atoms. The van der Waals surface area contributed by atoms with Crippen molar-refractivity contribution in [1.29, 1.82) is 0 Å². The molecule has 1 fully saturated rings. The van der Waals surface area contributed by atoms with Crippen LogP contribution in [0.4, 0.5) is 0 Å². The van der Waals surface area contributed by atoms with Crippen LogP contribution in [0, 0.1) is 30.6 Å². The Balaban J connectivity index is 0.000000648. The summed E-state index contributed by atoms with van der Waals surface area (Å²) in [6.07, 6.45) is 11.1. The maximum Gasteiger partial charge on any atom is 0.0705 e. The quantitative estimate of drug-likeness (QED) is 0.249. The molecule has 2 rings (SSSR count). The number of aryl methyl sites for hydroxylation is 1. The van der Waals surface area contributed by atoms with Crippen LogP contribution in [-0.2, 0) is 6.42 Å². The van der Waals surface area contributed by atoms with Crippen molar-refractivity contribution in [3.63, 3.8) is 0 Å². The Bertz CT molecular complexity index is 718. The average Bonchev–Trinajstić information content (AvgIpc) is 3.05. The summed E-state index contributed by atoms with van der Waals surface area (Å²) in [6, 6.07) is 8.31. The molecule has 1 aromatic rings. The normalized spacial score (nSPS) is 18.4. The van der Waals surface area contributed by atoms with E-state index in [0.29, 0.717) is 11.8 Å². The maximum absolute atomic E-state index is 6.14. The smallest absolute Gasteiger partial charge is 0.0705 e. The zero-order valence-electron chi connectivity index (χ0n) is 20.0. The molecule has 0 aromatic heterocycles. The number of unbranched alkanes of at least 4 members (excludes halogenated alkanes) is 2. The molecule has 0 spiro atoms. The monoisotopic (exact) mass is 408 g/mol. The molecule has 4 N–H and O–H groups in total. The van der Waals surface area contributed by atoms with Gasteiger partial charge in [0.2, 0.25) is 0 Å². The molecule has 0 saturated heterocycles. The van der Waals surface area contributed by atoms with Crippen LogP contribution in [0.3, 0.4) is 0 Å². The average molecular weight is 409 g/mol. The van der Waals surface area contributed by atoms with Crippen LogP contribution >= 0.6 is 0 Å². The third-order valence-corrected chi connectivity index (χ3v) is 5.31.